The third-order valence-electron chi connectivity index (χ3n) is 2.90. The van der Waals surface area contributed by atoms with Crippen LogP contribution in [0, 0.1) is 0 Å². The molecule has 0 aromatic carbocycles. The highest BCUT2D eigenvalue weighted by atomic mass is 16.4. The number of amides is 3. The Kier molecular flexibility index (Phi) is 5.56. The predicted octanol–water partition coefficient (Wildman–Crippen LogP) is -1.26. The summed E-state index contributed by atoms with van der Waals surface area (Å²) in [5.74, 6) is -1.34. The number of aliphatic hydroxyl groups excluding tert-OH is 1. The molecule has 1 unspecified atom stereocenters. The molecule has 0 aromatic rings. The number of carbonyl (C=O) groups is 3. The second kappa shape index (κ2) is 6.93. The van der Waals surface area contributed by atoms with Gasteiger partial charge < -0.3 is 25.7 Å². The van der Waals surface area contributed by atoms with Crippen molar-refractivity contribution in [3.8, 4) is 0 Å². The van der Waals surface area contributed by atoms with Gasteiger partial charge in [-0.25, -0.2) is 9.59 Å². The Morgan fingerprint density at radius 3 is 2.63 bits per heavy atom. The standard InChI is InChI=1S/C11H19N3O5/c1-7(16)12-8-2-4-14(6-8)11(19)13-9(3-5-15)10(17)18/h8-9,15H,2-6H2,1H3,(H,12,16)(H,13,19)(H,17,18)/t8?,9-/m1/s1. The monoisotopic (exact) mass is 273 g/mol. The number of rotatable bonds is 5. The van der Waals surface area contributed by atoms with Crippen LogP contribution in [0.1, 0.15) is 19.8 Å². The number of nitrogens with one attached hydrogen (secondary N) is 2. The molecular weight excluding hydrogens is 254 g/mol. The molecule has 1 aliphatic rings. The van der Waals surface area contributed by atoms with Crippen LogP contribution >= 0.6 is 0 Å². The fourth-order valence-corrected chi connectivity index (χ4v) is 1.98. The highest BCUT2D eigenvalue weighted by molar-refractivity contribution is 5.82. The van der Waals surface area contributed by atoms with E-state index in [9.17, 15) is 14.4 Å². The van der Waals surface area contributed by atoms with E-state index < -0.39 is 18.0 Å². The van der Waals surface area contributed by atoms with Gasteiger partial charge in [0, 0.05) is 39.1 Å². The van der Waals surface area contributed by atoms with E-state index in [0.717, 1.165) is 0 Å². The van der Waals surface area contributed by atoms with Gasteiger partial charge in [0.25, 0.3) is 0 Å². The number of hydrogen-bond acceptors (Lipinski definition) is 4. The van der Waals surface area contributed by atoms with Crippen molar-refractivity contribution < 1.29 is 24.6 Å². The molecule has 8 nitrogen and oxygen atoms in total. The third kappa shape index (κ3) is 4.74. The molecule has 1 fully saturated rings. The molecule has 4 N–H and O–H groups in total. The van der Waals surface area contributed by atoms with Crippen LogP contribution in [-0.2, 0) is 9.59 Å². The number of likely N-dealkylation sites (tertiary alicyclic amines) is 1. The van der Waals surface area contributed by atoms with Crippen molar-refractivity contribution in [2.24, 2.45) is 0 Å². The van der Waals surface area contributed by atoms with E-state index in [1.165, 1.54) is 11.8 Å². The Morgan fingerprint density at radius 1 is 1.42 bits per heavy atom. The molecule has 2 atom stereocenters. The Morgan fingerprint density at radius 2 is 2.11 bits per heavy atom. The molecule has 1 aliphatic heterocycles. The van der Waals surface area contributed by atoms with Crippen LogP contribution in [0.25, 0.3) is 0 Å². The van der Waals surface area contributed by atoms with E-state index in [1.807, 2.05) is 0 Å². The largest absolute Gasteiger partial charge is 0.480 e. The summed E-state index contributed by atoms with van der Waals surface area (Å²) in [5, 5.41) is 22.7. The van der Waals surface area contributed by atoms with E-state index in [2.05, 4.69) is 10.6 Å². The number of carboxylic acid groups (broad SMARTS) is 1. The van der Waals surface area contributed by atoms with E-state index in [0.29, 0.717) is 19.5 Å². The molecule has 1 rings (SSSR count). The van der Waals surface area contributed by atoms with Crippen molar-refractivity contribution in [3.05, 3.63) is 0 Å². The van der Waals surface area contributed by atoms with Gasteiger partial charge in [0.2, 0.25) is 5.91 Å². The highest BCUT2D eigenvalue weighted by Gasteiger charge is 2.29. The predicted molar refractivity (Wildman–Crippen MR) is 65.5 cm³/mol. The maximum Gasteiger partial charge on any atom is 0.326 e. The number of hydrogen-bond donors (Lipinski definition) is 4. The number of nitrogens with zero attached hydrogens (tertiary/aromatic N) is 1. The van der Waals surface area contributed by atoms with Crippen molar-refractivity contribution in [1.29, 1.82) is 0 Å². The molecule has 0 radical (unpaired) electrons. The van der Waals surface area contributed by atoms with Crippen LogP contribution < -0.4 is 10.6 Å². The average molecular weight is 273 g/mol. The zero-order valence-corrected chi connectivity index (χ0v) is 10.8. The van der Waals surface area contributed by atoms with Gasteiger partial charge in [-0.05, 0) is 6.42 Å². The second-order valence-corrected chi connectivity index (χ2v) is 4.48. The second-order valence-electron chi connectivity index (χ2n) is 4.48. The number of aliphatic carboxylic acids is 1. The quantitative estimate of drug-likeness (QED) is 0.498. The summed E-state index contributed by atoms with van der Waals surface area (Å²) >= 11 is 0. The molecule has 1 saturated heterocycles. The van der Waals surface area contributed by atoms with E-state index in [-0.39, 0.29) is 25.0 Å². The number of aliphatic hydroxyl groups is 1. The lowest BCUT2D eigenvalue weighted by molar-refractivity contribution is -0.139. The van der Waals surface area contributed by atoms with Crippen molar-refractivity contribution >= 4 is 17.9 Å². The number of carboxylic acids is 1. The SMILES string of the molecule is CC(=O)NC1CCN(C(=O)N[C@H](CCO)C(=O)O)C1. The maximum absolute atomic E-state index is 11.8. The summed E-state index contributed by atoms with van der Waals surface area (Å²) in [6.45, 7) is 1.91. The Balaban J connectivity index is 2.46. The lowest BCUT2D eigenvalue weighted by Crippen LogP contribution is -2.48. The average Bonchev–Trinajstić information content (AvgIpc) is 2.75. The van der Waals surface area contributed by atoms with E-state index in [1.54, 1.807) is 0 Å². The summed E-state index contributed by atoms with van der Waals surface area (Å²) in [7, 11) is 0. The first-order valence-electron chi connectivity index (χ1n) is 6.10. The Labute approximate surface area is 110 Å². The molecule has 0 bridgehead atoms. The molecule has 0 aliphatic carbocycles. The van der Waals surface area contributed by atoms with Crippen molar-refractivity contribution in [2.45, 2.75) is 31.8 Å². The first-order chi connectivity index (χ1) is 8.93. The van der Waals surface area contributed by atoms with Crippen LogP contribution in [0.3, 0.4) is 0 Å². The van der Waals surface area contributed by atoms with Gasteiger partial charge in [-0.15, -0.1) is 0 Å². The Bertz CT molecular complexity index is 360. The lowest BCUT2D eigenvalue weighted by Gasteiger charge is -2.20. The minimum atomic E-state index is -1.18. The summed E-state index contributed by atoms with van der Waals surface area (Å²) in [6, 6.07) is -1.68. The van der Waals surface area contributed by atoms with Crippen LogP contribution in [0.2, 0.25) is 0 Å². The smallest absolute Gasteiger partial charge is 0.326 e. The van der Waals surface area contributed by atoms with Gasteiger partial charge in [0.1, 0.15) is 6.04 Å². The maximum atomic E-state index is 11.8. The summed E-state index contributed by atoms with van der Waals surface area (Å²) in [4.78, 5) is 35.0. The minimum Gasteiger partial charge on any atom is -0.480 e. The van der Waals surface area contributed by atoms with Gasteiger partial charge in [-0.1, -0.05) is 0 Å². The van der Waals surface area contributed by atoms with Gasteiger partial charge in [0.05, 0.1) is 0 Å². The van der Waals surface area contributed by atoms with E-state index in [4.69, 9.17) is 10.2 Å². The van der Waals surface area contributed by atoms with Gasteiger partial charge in [-0.2, -0.15) is 0 Å². The fraction of sp³-hybridized carbons (Fsp3) is 0.727. The molecule has 3 amide bonds. The molecule has 8 heteroatoms. The van der Waals surface area contributed by atoms with Crippen LogP contribution in [0.15, 0.2) is 0 Å². The van der Waals surface area contributed by atoms with Gasteiger partial charge in [-0.3, -0.25) is 4.79 Å². The summed E-state index contributed by atoms with van der Waals surface area (Å²) in [6.07, 6.45) is 0.606. The van der Waals surface area contributed by atoms with E-state index >= 15 is 0 Å². The van der Waals surface area contributed by atoms with Crippen LogP contribution in [0.4, 0.5) is 4.79 Å². The molecule has 108 valence electrons. The minimum absolute atomic E-state index is 0.0377. The van der Waals surface area contributed by atoms with Gasteiger partial charge in [0.15, 0.2) is 0 Å². The molecule has 1 heterocycles. The molecule has 0 aromatic heterocycles. The molecule has 19 heavy (non-hydrogen) atoms. The van der Waals surface area contributed by atoms with Gasteiger partial charge >= 0.3 is 12.0 Å². The summed E-state index contributed by atoms with van der Waals surface area (Å²) < 4.78 is 0. The highest BCUT2D eigenvalue weighted by Crippen LogP contribution is 2.09. The fourth-order valence-electron chi connectivity index (χ4n) is 1.98. The molecule has 0 saturated carbocycles. The third-order valence-corrected chi connectivity index (χ3v) is 2.90. The van der Waals surface area contributed by atoms with Crippen molar-refractivity contribution in [3.63, 3.8) is 0 Å². The van der Waals surface area contributed by atoms with Crippen molar-refractivity contribution in [1.82, 2.24) is 15.5 Å². The topological polar surface area (TPSA) is 119 Å². The normalized spacial score (nSPS) is 19.9. The molecular formula is C11H19N3O5. The lowest BCUT2D eigenvalue weighted by atomic mass is 10.2. The van der Waals surface area contributed by atoms with Crippen LogP contribution in [0.5, 0.6) is 0 Å². The number of urea groups is 1. The van der Waals surface area contributed by atoms with Crippen LogP contribution in [-0.4, -0.2) is 64.8 Å². The number of carbonyl (C=O) groups excluding carboxylic acids is 2. The molecule has 0 spiro atoms. The summed E-state index contributed by atoms with van der Waals surface area (Å²) in [5.41, 5.74) is 0. The first kappa shape index (κ1) is 15.2. The zero-order valence-electron chi connectivity index (χ0n) is 10.8. The zero-order chi connectivity index (χ0) is 14.4. The van der Waals surface area contributed by atoms with Crippen molar-refractivity contribution in [2.75, 3.05) is 19.7 Å². The Hall–Kier alpha value is -1.83. The first-order valence-corrected chi connectivity index (χ1v) is 6.10.